The Bertz CT molecular complexity index is 561. The maximum atomic E-state index is 12.3. The highest BCUT2D eigenvalue weighted by Gasteiger charge is 2.37. The Balaban J connectivity index is 2.06. The number of aliphatic carboxylic acids is 1. The summed E-state index contributed by atoms with van der Waals surface area (Å²) in [6.45, 7) is 1.40. The van der Waals surface area contributed by atoms with Crippen LogP contribution in [0.3, 0.4) is 0 Å². The molecule has 0 saturated heterocycles. The molecule has 0 bridgehead atoms. The molecule has 1 aliphatic carbocycles. The van der Waals surface area contributed by atoms with Crippen molar-refractivity contribution in [2.24, 2.45) is 0 Å². The summed E-state index contributed by atoms with van der Waals surface area (Å²) < 4.78 is 0. The lowest BCUT2D eigenvalue weighted by Gasteiger charge is -2.28. The van der Waals surface area contributed by atoms with E-state index in [0.29, 0.717) is 22.7 Å². The molecule has 0 spiro atoms. The van der Waals surface area contributed by atoms with Crippen molar-refractivity contribution >= 4 is 34.1 Å². The van der Waals surface area contributed by atoms with E-state index in [1.807, 2.05) is 0 Å². The van der Waals surface area contributed by atoms with E-state index >= 15 is 0 Å². The highest BCUT2D eigenvalue weighted by molar-refractivity contribution is 7.18. The van der Waals surface area contributed by atoms with Crippen molar-refractivity contribution in [3.8, 4) is 0 Å². The van der Waals surface area contributed by atoms with Crippen LogP contribution in [0, 0.1) is 0 Å². The van der Waals surface area contributed by atoms with Crippen molar-refractivity contribution in [3.05, 3.63) is 17.0 Å². The zero-order chi connectivity index (χ0) is 15.5. The third-order valence-electron chi connectivity index (χ3n) is 3.56. The van der Waals surface area contributed by atoms with Crippen LogP contribution in [0.25, 0.3) is 0 Å². The number of hydrogen-bond donors (Lipinski definition) is 3. The normalized spacial score (nSPS) is 16.4. The second kappa shape index (κ2) is 6.26. The minimum atomic E-state index is -0.901. The second-order valence-corrected chi connectivity index (χ2v) is 6.44. The first-order valence-electron chi connectivity index (χ1n) is 6.82. The summed E-state index contributed by atoms with van der Waals surface area (Å²) in [5.74, 6) is -1.37. The maximum absolute atomic E-state index is 12.3. The molecule has 2 rings (SSSR count). The van der Waals surface area contributed by atoms with Gasteiger partial charge in [0.2, 0.25) is 5.91 Å². The molecule has 3 N–H and O–H groups in total. The van der Waals surface area contributed by atoms with Gasteiger partial charge in [0.15, 0.2) is 0 Å². The van der Waals surface area contributed by atoms with Crippen LogP contribution >= 0.6 is 11.3 Å². The van der Waals surface area contributed by atoms with Gasteiger partial charge in [-0.1, -0.05) is 12.8 Å². The molecule has 114 valence electrons. The predicted octanol–water partition coefficient (Wildman–Crippen LogP) is 2.22. The van der Waals surface area contributed by atoms with E-state index in [2.05, 4.69) is 10.6 Å². The maximum Gasteiger partial charge on any atom is 0.305 e. The van der Waals surface area contributed by atoms with Crippen LogP contribution in [0.15, 0.2) is 12.1 Å². The molecule has 1 fully saturated rings. The molecule has 1 aromatic rings. The van der Waals surface area contributed by atoms with E-state index in [4.69, 9.17) is 5.11 Å². The Kier molecular flexibility index (Phi) is 4.62. The summed E-state index contributed by atoms with van der Waals surface area (Å²) in [5.41, 5.74) is -0.638. The van der Waals surface area contributed by atoms with Crippen molar-refractivity contribution < 1.29 is 19.5 Å². The van der Waals surface area contributed by atoms with E-state index in [1.165, 1.54) is 18.3 Å². The first kappa shape index (κ1) is 15.5. The van der Waals surface area contributed by atoms with Gasteiger partial charge < -0.3 is 15.7 Å². The molecule has 6 nitrogen and oxygen atoms in total. The monoisotopic (exact) mass is 310 g/mol. The summed E-state index contributed by atoms with van der Waals surface area (Å²) in [6, 6.07) is 3.30. The van der Waals surface area contributed by atoms with Gasteiger partial charge in [-0.3, -0.25) is 14.4 Å². The molecule has 2 amide bonds. The van der Waals surface area contributed by atoms with Crippen molar-refractivity contribution in [2.75, 3.05) is 5.32 Å². The molecule has 0 aliphatic heterocycles. The van der Waals surface area contributed by atoms with Crippen molar-refractivity contribution in [2.45, 2.75) is 44.6 Å². The van der Waals surface area contributed by atoms with E-state index in [0.717, 1.165) is 12.8 Å². The Morgan fingerprint density at radius 3 is 2.52 bits per heavy atom. The molecular weight excluding hydrogens is 292 g/mol. The number of carbonyl (C=O) groups excluding carboxylic acids is 2. The van der Waals surface area contributed by atoms with Gasteiger partial charge in [-0.05, 0) is 25.0 Å². The third-order valence-corrected chi connectivity index (χ3v) is 4.56. The average Bonchev–Trinajstić information content (AvgIpc) is 2.97. The molecule has 1 aliphatic rings. The van der Waals surface area contributed by atoms with Crippen LogP contribution in [0.2, 0.25) is 0 Å². The van der Waals surface area contributed by atoms with Crippen molar-refractivity contribution in [1.82, 2.24) is 5.32 Å². The zero-order valence-electron chi connectivity index (χ0n) is 11.8. The standard InChI is InChI=1S/C14H18N2O4S/c1-9(17)15-11-5-4-10(21-11)13(20)16-14(8-12(18)19)6-2-3-7-14/h4-5H,2-3,6-8H2,1H3,(H,15,17)(H,16,20)(H,18,19). The first-order valence-corrected chi connectivity index (χ1v) is 7.64. The summed E-state index contributed by atoms with van der Waals surface area (Å²) >= 11 is 1.18. The van der Waals surface area contributed by atoms with Crippen LogP contribution in [0.1, 0.15) is 48.7 Å². The Morgan fingerprint density at radius 1 is 1.29 bits per heavy atom. The topological polar surface area (TPSA) is 95.5 Å². The lowest BCUT2D eigenvalue weighted by atomic mass is 9.93. The smallest absolute Gasteiger partial charge is 0.305 e. The third kappa shape index (κ3) is 4.04. The van der Waals surface area contributed by atoms with Gasteiger partial charge in [0, 0.05) is 6.92 Å². The fourth-order valence-electron chi connectivity index (χ4n) is 2.69. The van der Waals surface area contributed by atoms with Gasteiger partial charge in [-0.15, -0.1) is 11.3 Å². The summed E-state index contributed by atoms with van der Waals surface area (Å²) in [4.78, 5) is 34.7. The predicted molar refractivity (Wildman–Crippen MR) is 79.5 cm³/mol. The van der Waals surface area contributed by atoms with Gasteiger partial charge in [-0.25, -0.2) is 0 Å². The largest absolute Gasteiger partial charge is 0.481 e. The first-order chi connectivity index (χ1) is 9.90. The van der Waals surface area contributed by atoms with Gasteiger partial charge in [0.1, 0.15) is 0 Å². The number of amides is 2. The van der Waals surface area contributed by atoms with Crippen LogP contribution in [-0.2, 0) is 9.59 Å². The van der Waals surface area contributed by atoms with Crippen LogP contribution in [-0.4, -0.2) is 28.4 Å². The second-order valence-electron chi connectivity index (χ2n) is 5.36. The SMILES string of the molecule is CC(=O)Nc1ccc(C(=O)NC2(CC(=O)O)CCCC2)s1. The highest BCUT2D eigenvalue weighted by Crippen LogP contribution is 2.33. The number of thiophene rings is 1. The zero-order valence-corrected chi connectivity index (χ0v) is 12.6. The fraction of sp³-hybridized carbons (Fsp3) is 0.500. The van der Waals surface area contributed by atoms with Crippen molar-refractivity contribution in [3.63, 3.8) is 0 Å². The molecule has 7 heteroatoms. The summed E-state index contributed by atoms with van der Waals surface area (Å²) in [7, 11) is 0. The molecule has 1 aromatic heterocycles. The van der Waals surface area contributed by atoms with E-state index in [1.54, 1.807) is 12.1 Å². The Hall–Kier alpha value is -1.89. The minimum Gasteiger partial charge on any atom is -0.481 e. The summed E-state index contributed by atoms with van der Waals surface area (Å²) in [6.07, 6.45) is 3.18. The van der Waals surface area contributed by atoms with Gasteiger partial charge in [0.05, 0.1) is 21.8 Å². The number of carbonyl (C=O) groups is 3. The van der Waals surface area contributed by atoms with E-state index < -0.39 is 11.5 Å². The molecule has 0 radical (unpaired) electrons. The van der Waals surface area contributed by atoms with Gasteiger partial charge in [-0.2, -0.15) is 0 Å². The average molecular weight is 310 g/mol. The Labute approximate surface area is 126 Å². The molecule has 0 unspecified atom stereocenters. The number of hydrogen-bond acceptors (Lipinski definition) is 4. The van der Waals surface area contributed by atoms with Gasteiger partial charge >= 0.3 is 5.97 Å². The molecule has 0 atom stereocenters. The lowest BCUT2D eigenvalue weighted by Crippen LogP contribution is -2.47. The summed E-state index contributed by atoms with van der Waals surface area (Å²) in [5, 5.41) is 15.1. The van der Waals surface area contributed by atoms with Gasteiger partial charge in [0.25, 0.3) is 5.91 Å². The van der Waals surface area contributed by atoms with E-state index in [9.17, 15) is 14.4 Å². The Morgan fingerprint density at radius 2 is 1.95 bits per heavy atom. The lowest BCUT2D eigenvalue weighted by molar-refractivity contribution is -0.138. The molecule has 1 heterocycles. The quantitative estimate of drug-likeness (QED) is 0.777. The molecular formula is C14H18N2O4S. The molecule has 1 saturated carbocycles. The van der Waals surface area contributed by atoms with Crippen molar-refractivity contribution in [1.29, 1.82) is 0 Å². The van der Waals surface area contributed by atoms with E-state index in [-0.39, 0.29) is 18.2 Å². The number of carboxylic acids is 1. The number of anilines is 1. The number of carboxylic acid groups (broad SMARTS) is 1. The van der Waals surface area contributed by atoms with Crippen LogP contribution < -0.4 is 10.6 Å². The van der Waals surface area contributed by atoms with Crippen LogP contribution in [0.5, 0.6) is 0 Å². The molecule has 21 heavy (non-hydrogen) atoms. The number of rotatable bonds is 5. The highest BCUT2D eigenvalue weighted by atomic mass is 32.1. The van der Waals surface area contributed by atoms with Crippen LogP contribution in [0.4, 0.5) is 5.00 Å². The fourth-order valence-corrected chi connectivity index (χ4v) is 3.54. The molecule has 0 aromatic carbocycles. The number of nitrogens with one attached hydrogen (secondary N) is 2. The minimum absolute atomic E-state index is 0.0529.